The Balaban J connectivity index is 2.96. The molecule has 0 heterocycles. The van der Waals surface area contributed by atoms with Crippen LogP contribution in [0.15, 0.2) is 29.2 Å². The molecule has 0 aliphatic carbocycles. The van der Waals surface area contributed by atoms with Crippen molar-refractivity contribution in [1.82, 2.24) is 0 Å². The molecule has 10 heavy (non-hydrogen) atoms. The van der Waals surface area contributed by atoms with Crippen LogP contribution in [0.2, 0.25) is 5.02 Å². The van der Waals surface area contributed by atoms with E-state index in [1.165, 1.54) is 4.90 Å². The Kier molecular flexibility index (Phi) is 2.64. The van der Waals surface area contributed by atoms with Crippen LogP contribution in [-0.2, 0) is 10.9 Å². The van der Waals surface area contributed by atoms with E-state index in [0.717, 1.165) is 5.02 Å². The average molecular weight is 174 g/mol. The minimum atomic E-state index is 0.326. The van der Waals surface area contributed by atoms with Gasteiger partial charge in [-0.3, -0.25) is 0 Å². The lowest BCUT2D eigenvalue weighted by Gasteiger charge is -1.94. The quantitative estimate of drug-likeness (QED) is 0.573. The lowest BCUT2D eigenvalue weighted by atomic mass is 10.4. The summed E-state index contributed by atoms with van der Waals surface area (Å²) in [4.78, 5) is 1.33. The molecule has 0 nitrogen and oxygen atoms in total. The molecule has 0 saturated carbocycles. The van der Waals surface area contributed by atoms with Crippen LogP contribution in [0.5, 0.6) is 0 Å². The van der Waals surface area contributed by atoms with Gasteiger partial charge in [0.25, 0.3) is 0 Å². The van der Waals surface area contributed by atoms with E-state index >= 15 is 0 Å². The Labute approximate surface area is 69.6 Å². The zero-order valence-corrected chi connectivity index (χ0v) is 7.67. The fraction of sp³-hybridized carbons (Fsp3) is 0.250. The Morgan fingerprint density at radius 1 is 1.30 bits per heavy atom. The molecular formula is C8H10ClS+. The van der Waals surface area contributed by atoms with Crippen molar-refractivity contribution in [2.24, 2.45) is 0 Å². The van der Waals surface area contributed by atoms with E-state index in [4.69, 9.17) is 11.6 Å². The van der Waals surface area contributed by atoms with Gasteiger partial charge in [0.1, 0.15) is 12.5 Å². The molecular weight excluding hydrogens is 164 g/mol. The molecule has 0 spiro atoms. The van der Waals surface area contributed by atoms with E-state index in [1.54, 1.807) is 0 Å². The van der Waals surface area contributed by atoms with Gasteiger partial charge in [-0.15, -0.1) is 0 Å². The minimum Gasteiger partial charge on any atom is -0.0841 e. The fourth-order valence-electron chi connectivity index (χ4n) is 0.721. The van der Waals surface area contributed by atoms with Crippen LogP contribution in [-0.4, -0.2) is 12.5 Å². The number of hydrogen-bond acceptors (Lipinski definition) is 0. The highest BCUT2D eigenvalue weighted by Crippen LogP contribution is 2.14. The van der Waals surface area contributed by atoms with Gasteiger partial charge >= 0.3 is 0 Å². The van der Waals surface area contributed by atoms with Crippen molar-refractivity contribution >= 4 is 22.5 Å². The van der Waals surface area contributed by atoms with Crippen molar-refractivity contribution in [2.75, 3.05) is 12.5 Å². The molecule has 0 radical (unpaired) electrons. The van der Waals surface area contributed by atoms with Gasteiger partial charge < -0.3 is 0 Å². The summed E-state index contributed by atoms with van der Waals surface area (Å²) in [5.41, 5.74) is 0. The smallest absolute Gasteiger partial charge is 0.0841 e. The molecule has 0 bridgehead atoms. The maximum Gasteiger partial charge on any atom is 0.155 e. The predicted octanol–water partition coefficient (Wildman–Crippen LogP) is 2.58. The molecule has 0 aliphatic heterocycles. The summed E-state index contributed by atoms with van der Waals surface area (Å²) in [6, 6.07) is 8.02. The predicted molar refractivity (Wildman–Crippen MR) is 48.9 cm³/mol. The standard InChI is InChI=1S/C8H10ClS/c1-10(2)8-5-3-4-7(9)6-8/h3-6H,1-2H3/q+1. The number of rotatable bonds is 1. The van der Waals surface area contributed by atoms with Crippen molar-refractivity contribution in [3.05, 3.63) is 29.3 Å². The van der Waals surface area contributed by atoms with Gasteiger partial charge in [-0.1, -0.05) is 17.7 Å². The van der Waals surface area contributed by atoms with Gasteiger partial charge in [-0.2, -0.15) is 0 Å². The van der Waals surface area contributed by atoms with Crippen LogP contribution in [0.25, 0.3) is 0 Å². The summed E-state index contributed by atoms with van der Waals surface area (Å²) < 4.78 is 0. The lowest BCUT2D eigenvalue weighted by molar-refractivity contribution is 1.45. The zero-order chi connectivity index (χ0) is 7.56. The first-order valence-corrected chi connectivity index (χ1v) is 5.45. The highest BCUT2D eigenvalue weighted by Gasteiger charge is 2.06. The van der Waals surface area contributed by atoms with Crippen molar-refractivity contribution in [3.8, 4) is 0 Å². The highest BCUT2D eigenvalue weighted by molar-refractivity contribution is 7.95. The van der Waals surface area contributed by atoms with E-state index in [1.807, 2.05) is 18.2 Å². The average Bonchev–Trinajstić information content (AvgIpc) is 1.88. The van der Waals surface area contributed by atoms with Gasteiger partial charge in [-0.25, -0.2) is 0 Å². The van der Waals surface area contributed by atoms with Crippen molar-refractivity contribution in [3.63, 3.8) is 0 Å². The Bertz CT molecular complexity index is 220. The third-order valence-electron chi connectivity index (χ3n) is 1.27. The van der Waals surface area contributed by atoms with Crippen LogP contribution in [0.3, 0.4) is 0 Å². The molecule has 54 valence electrons. The summed E-state index contributed by atoms with van der Waals surface area (Å²) in [7, 11) is 0.326. The Hall–Kier alpha value is -0.140. The molecule has 0 amide bonds. The minimum absolute atomic E-state index is 0.326. The summed E-state index contributed by atoms with van der Waals surface area (Å²) >= 11 is 5.79. The van der Waals surface area contributed by atoms with E-state index in [0.29, 0.717) is 10.9 Å². The second-order valence-corrected chi connectivity index (χ2v) is 4.81. The molecule has 1 aromatic carbocycles. The van der Waals surface area contributed by atoms with Crippen molar-refractivity contribution < 1.29 is 0 Å². The third-order valence-corrected chi connectivity index (χ3v) is 2.70. The Morgan fingerprint density at radius 2 is 2.00 bits per heavy atom. The first-order valence-electron chi connectivity index (χ1n) is 3.03. The molecule has 0 saturated heterocycles. The summed E-state index contributed by atoms with van der Waals surface area (Å²) in [6.07, 6.45) is 4.37. The molecule has 0 aliphatic rings. The first-order chi connectivity index (χ1) is 4.70. The second-order valence-electron chi connectivity index (χ2n) is 2.27. The molecule has 0 unspecified atom stereocenters. The van der Waals surface area contributed by atoms with Gasteiger partial charge in [0.05, 0.1) is 0 Å². The number of benzene rings is 1. The molecule has 1 aromatic rings. The van der Waals surface area contributed by atoms with E-state index in [2.05, 4.69) is 18.6 Å². The van der Waals surface area contributed by atoms with E-state index in [-0.39, 0.29) is 0 Å². The molecule has 0 atom stereocenters. The summed E-state index contributed by atoms with van der Waals surface area (Å²) in [5.74, 6) is 0. The zero-order valence-electron chi connectivity index (χ0n) is 6.10. The van der Waals surface area contributed by atoms with E-state index in [9.17, 15) is 0 Å². The third kappa shape index (κ3) is 1.93. The van der Waals surface area contributed by atoms with Crippen molar-refractivity contribution in [2.45, 2.75) is 4.90 Å². The maximum atomic E-state index is 5.79. The summed E-state index contributed by atoms with van der Waals surface area (Å²) in [6.45, 7) is 0. The largest absolute Gasteiger partial charge is 0.155 e. The Morgan fingerprint density at radius 3 is 2.40 bits per heavy atom. The SMILES string of the molecule is C[S+](C)c1cccc(Cl)c1. The number of hydrogen-bond donors (Lipinski definition) is 0. The van der Waals surface area contributed by atoms with Crippen LogP contribution in [0.1, 0.15) is 0 Å². The second kappa shape index (κ2) is 3.31. The summed E-state index contributed by atoms with van der Waals surface area (Å²) in [5, 5.41) is 0.832. The van der Waals surface area contributed by atoms with Crippen LogP contribution in [0.4, 0.5) is 0 Å². The van der Waals surface area contributed by atoms with E-state index < -0.39 is 0 Å². The van der Waals surface area contributed by atoms with Gasteiger partial charge in [0.2, 0.25) is 0 Å². The monoisotopic (exact) mass is 173 g/mol. The molecule has 1 rings (SSSR count). The van der Waals surface area contributed by atoms with Gasteiger partial charge in [0.15, 0.2) is 4.90 Å². The van der Waals surface area contributed by atoms with Crippen LogP contribution < -0.4 is 0 Å². The number of halogens is 1. The van der Waals surface area contributed by atoms with Gasteiger partial charge in [-0.05, 0) is 12.1 Å². The molecule has 0 N–H and O–H groups in total. The van der Waals surface area contributed by atoms with Gasteiger partial charge in [0, 0.05) is 22.0 Å². The lowest BCUT2D eigenvalue weighted by Crippen LogP contribution is -1.94. The van der Waals surface area contributed by atoms with Crippen molar-refractivity contribution in [1.29, 1.82) is 0 Å². The van der Waals surface area contributed by atoms with Crippen LogP contribution in [0, 0.1) is 0 Å². The molecule has 0 fully saturated rings. The molecule has 0 aromatic heterocycles. The topological polar surface area (TPSA) is 0 Å². The highest BCUT2D eigenvalue weighted by atomic mass is 35.5. The maximum absolute atomic E-state index is 5.79. The first kappa shape index (κ1) is 7.96. The molecule has 2 heteroatoms. The normalized spacial score (nSPS) is 10.4. The fourth-order valence-corrected chi connectivity index (χ4v) is 1.69. The van der Waals surface area contributed by atoms with Crippen LogP contribution >= 0.6 is 11.6 Å².